The number of Topliss-reactive ketones (excluding diaryl/α,β-unsaturated/α-hetero) is 1. The molecule has 2 aromatic rings. The summed E-state index contributed by atoms with van der Waals surface area (Å²) in [5.41, 5.74) is 0.763. The number of methoxy groups -OCH3 is 1. The van der Waals surface area contributed by atoms with Gasteiger partial charge in [0, 0.05) is 31.2 Å². The van der Waals surface area contributed by atoms with Gasteiger partial charge in [0.25, 0.3) is 0 Å². The molecule has 0 radical (unpaired) electrons. The van der Waals surface area contributed by atoms with Gasteiger partial charge in [0.05, 0.1) is 19.6 Å². The highest BCUT2D eigenvalue weighted by Gasteiger charge is 2.27. The molecule has 0 aliphatic heterocycles. The van der Waals surface area contributed by atoms with Gasteiger partial charge in [-0.1, -0.05) is 32.9 Å². The predicted octanol–water partition coefficient (Wildman–Crippen LogP) is 5.00. The van der Waals surface area contributed by atoms with Gasteiger partial charge in [0.1, 0.15) is 11.9 Å². The number of carbonyl (C=O) groups excluding carboxylic acids is 2. The maximum absolute atomic E-state index is 13.3. The SMILES string of the molecule is COc1ccnc(C(=O)C[C@@H](C)C(=O)O[C@@H](C)[C@@H](COCCC(C)C)Cc2ccc(F)cc2)c1O. The monoisotopic (exact) mass is 489 g/mol. The third kappa shape index (κ3) is 8.94. The number of ether oxygens (including phenoxy) is 3. The first-order valence-electron chi connectivity index (χ1n) is 11.9. The molecule has 7 nitrogen and oxygen atoms in total. The van der Waals surface area contributed by atoms with Gasteiger partial charge in [-0.2, -0.15) is 0 Å². The first-order valence-corrected chi connectivity index (χ1v) is 11.9. The van der Waals surface area contributed by atoms with Crippen molar-refractivity contribution in [1.82, 2.24) is 4.98 Å². The summed E-state index contributed by atoms with van der Waals surface area (Å²) in [6.07, 6.45) is 2.16. The van der Waals surface area contributed by atoms with Crippen LogP contribution < -0.4 is 4.74 Å². The highest BCUT2D eigenvalue weighted by atomic mass is 19.1. The molecule has 1 aromatic carbocycles. The van der Waals surface area contributed by atoms with E-state index in [9.17, 15) is 19.1 Å². The molecule has 0 aliphatic carbocycles. The van der Waals surface area contributed by atoms with E-state index in [1.54, 1.807) is 26.0 Å². The Kier molecular flexibility index (Phi) is 11.1. The van der Waals surface area contributed by atoms with Crippen molar-refractivity contribution in [3.05, 3.63) is 53.6 Å². The topological polar surface area (TPSA) is 95.0 Å². The second kappa shape index (κ2) is 13.8. The van der Waals surface area contributed by atoms with E-state index < -0.39 is 23.8 Å². The number of nitrogens with zero attached hydrogens (tertiary/aromatic N) is 1. The molecule has 0 amide bonds. The van der Waals surface area contributed by atoms with E-state index in [-0.39, 0.29) is 35.3 Å². The van der Waals surface area contributed by atoms with Crippen LogP contribution in [0.15, 0.2) is 36.5 Å². The highest BCUT2D eigenvalue weighted by Crippen LogP contribution is 2.29. The molecule has 0 fully saturated rings. The molecule has 35 heavy (non-hydrogen) atoms. The van der Waals surface area contributed by atoms with E-state index in [0.717, 1.165) is 12.0 Å². The van der Waals surface area contributed by atoms with E-state index in [0.29, 0.717) is 25.6 Å². The molecular weight excluding hydrogens is 453 g/mol. The maximum atomic E-state index is 13.3. The van der Waals surface area contributed by atoms with Crippen LogP contribution >= 0.6 is 0 Å². The van der Waals surface area contributed by atoms with Gasteiger partial charge in [-0.25, -0.2) is 9.37 Å². The standard InChI is InChI=1S/C27H36FNO6/c1-17(2)11-13-34-16-21(15-20-6-8-22(28)9-7-20)19(4)35-27(32)18(3)14-23(30)25-26(31)24(33-5)10-12-29-25/h6-10,12,17-19,21,31H,11,13-16H2,1-5H3/t18-,19+,21-/m1/s1. The van der Waals surface area contributed by atoms with Gasteiger partial charge in [0.15, 0.2) is 23.0 Å². The zero-order chi connectivity index (χ0) is 26.0. The molecule has 0 unspecified atom stereocenters. The molecule has 1 N–H and O–H groups in total. The third-order valence-electron chi connectivity index (χ3n) is 5.81. The molecule has 0 saturated heterocycles. The van der Waals surface area contributed by atoms with Crippen molar-refractivity contribution in [3.63, 3.8) is 0 Å². The van der Waals surface area contributed by atoms with Crippen molar-refractivity contribution in [2.24, 2.45) is 17.8 Å². The Labute approximate surface area is 206 Å². The number of benzene rings is 1. The van der Waals surface area contributed by atoms with Crippen LogP contribution in [0.4, 0.5) is 4.39 Å². The summed E-state index contributed by atoms with van der Waals surface area (Å²) in [5.74, 6) is -1.93. The number of hydrogen-bond acceptors (Lipinski definition) is 7. The average molecular weight is 490 g/mol. The number of aromatic nitrogens is 1. The summed E-state index contributed by atoms with van der Waals surface area (Å²) in [6.45, 7) is 8.61. The van der Waals surface area contributed by atoms with Crippen LogP contribution in [-0.4, -0.2) is 48.3 Å². The first-order chi connectivity index (χ1) is 16.6. The Balaban J connectivity index is 2.01. The number of pyridine rings is 1. The maximum Gasteiger partial charge on any atom is 0.309 e. The van der Waals surface area contributed by atoms with Crippen molar-refractivity contribution >= 4 is 11.8 Å². The van der Waals surface area contributed by atoms with Crippen LogP contribution in [0.3, 0.4) is 0 Å². The molecule has 1 aromatic heterocycles. The largest absolute Gasteiger partial charge is 0.503 e. The summed E-state index contributed by atoms with van der Waals surface area (Å²) in [6, 6.07) is 7.66. The van der Waals surface area contributed by atoms with Crippen molar-refractivity contribution in [2.75, 3.05) is 20.3 Å². The lowest BCUT2D eigenvalue weighted by molar-refractivity contribution is -0.156. The second-order valence-electron chi connectivity index (χ2n) is 9.23. The lowest BCUT2D eigenvalue weighted by atomic mass is 9.95. The minimum atomic E-state index is -0.745. The Hall–Kier alpha value is -3.00. The summed E-state index contributed by atoms with van der Waals surface area (Å²) < 4.78 is 29.9. The average Bonchev–Trinajstić information content (AvgIpc) is 2.82. The smallest absolute Gasteiger partial charge is 0.309 e. The fraction of sp³-hybridized carbons (Fsp3) is 0.519. The zero-order valence-corrected chi connectivity index (χ0v) is 21.1. The van der Waals surface area contributed by atoms with E-state index in [4.69, 9.17) is 14.2 Å². The Bertz CT molecular complexity index is 963. The number of carbonyl (C=O) groups is 2. The van der Waals surface area contributed by atoms with Crippen LogP contribution in [0.2, 0.25) is 0 Å². The number of halogens is 1. The lowest BCUT2D eigenvalue weighted by Gasteiger charge is -2.25. The Morgan fingerprint density at radius 1 is 1.09 bits per heavy atom. The number of aromatic hydroxyl groups is 1. The number of ketones is 1. The van der Waals surface area contributed by atoms with Crippen molar-refractivity contribution < 1.29 is 33.3 Å². The molecule has 2 rings (SSSR count). The van der Waals surface area contributed by atoms with E-state index in [1.807, 2.05) is 0 Å². The predicted molar refractivity (Wildman–Crippen MR) is 130 cm³/mol. The molecule has 3 atom stereocenters. The molecule has 1 heterocycles. The summed E-state index contributed by atoms with van der Waals surface area (Å²) in [7, 11) is 1.37. The van der Waals surface area contributed by atoms with E-state index >= 15 is 0 Å². The van der Waals surface area contributed by atoms with Crippen LogP contribution in [0.5, 0.6) is 11.5 Å². The van der Waals surface area contributed by atoms with Crippen molar-refractivity contribution in [2.45, 2.75) is 53.1 Å². The Morgan fingerprint density at radius 2 is 1.77 bits per heavy atom. The highest BCUT2D eigenvalue weighted by molar-refractivity contribution is 5.99. The third-order valence-corrected chi connectivity index (χ3v) is 5.81. The van der Waals surface area contributed by atoms with Gasteiger partial charge in [0.2, 0.25) is 0 Å². The summed E-state index contributed by atoms with van der Waals surface area (Å²) in [5, 5.41) is 10.2. The Morgan fingerprint density at radius 3 is 2.40 bits per heavy atom. The fourth-order valence-corrected chi connectivity index (χ4v) is 3.50. The molecule has 8 heteroatoms. The van der Waals surface area contributed by atoms with Gasteiger partial charge >= 0.3 is 5.97 Å². The summed E-state index contributed by atoms with van der Waals surface area (Å²) >= 11 is 0. The van der Waals surface area contributed by atoms with Crippen molar-refractivity contribution in [3.8, 4) is 11.5 Å². The van der Waals surface area contributed by atoms with Gasteiger partial charge in [-0.3, -0.25) is 9.59 Å². The van der Waals surface area contributed by atoms with Crippen LogP contribution in [-0.2, 0) is 20.7 Å². The number of hydrogen-bond donors (Lipinski definition) is 1. The molecule has 0 spiro atoms. The number of rotatable bonds is 14. The van der Waals surface area contributed by atoms with E-state index in [1.165, 1.54) is 31.5 Å². The first kappa shape index (κ1) is 28.2. The second-order valence-corrected chi connectivity index (χ2v) is 9.23. The molecule has 0 bridgehead atoms. The normalized spacial score (nSPS) is 13.8. The lowest BCUT2D eigenvalue weighted by Crippen LogP contribution is -2.32. The van der Waals surface area contributed by atoms with Crippen LogP contribution in [0, 0.1) is 23.6 Å². The van der Waals surface area contributed by atoms with Crippen molar-refractivity contribution in [1.29, 1.82) is 0 Å². The number of esters is 1. The fourth-order valence-electron chi connectivity index (χ4n) is 3.50. The zero-order valence-electron chi connectivity index (χ0n) is 21.1. The van der Waals surface area contributed by atoms with Gasteiger partial charge < -0.3 is 19.3 Å². The molecule has 0 saturated carbocycles. The quantitative estimate of drug-likeness (QED) is 0.227. The van der Waals surface area contributed by atoms with E-state index in [2.05, 4.69) is 18.8 Å². The molecular formula is C27H36FNO6. The van der Waals surface area contributed by atoms with Crippen LogP contribution in [0.1, 0.15) is 56.6 Å². The summed E-state index contributed by atoms with van der Waals surface area (Å²) in [4.78, 5) is 29.3. The van der Waals surface area contributed by atoms with Gasteiger partial charge in [-0.05, 0) is 43.4 Å². The molecule has 192 valence electrons. The van der Waals surface area contributed by atoms with Crippen LogP contribution in [0.25, 0.3) is 0 Å². The minimum absolute atomic E-state index is 0.133. The minimum Gasteiger partial charge on any atom is -0.503 e. The van der Waals surface area contributed by atoms with Gasteiger partial charge in [-0.15, -0.1) is 0 Å². The molecule has 0 aliphatic rings.